The molecular formula is C112H100F12N16Pd4. The van der Waals surface area contributed by atoms with Crippen LogP contribution >= 0.6 is 0 Å². The maximum Gasteiger partial charge on any atom is 2.00 e. The number of aromatic nitrogens is 16. The van der Waals surface area contributed by atoms with Crippen LogP contribution in [0.15, 0.2) is 279 Å². The third-order valence-corrected chi connectivity index (χ3v) is 24.7. The van der Waals surface area contributed by atoms with Crippen molar-refractivity contribution in [1.29, 1.82) is 0 Å². The second-order valence-electron chi connectivity index (χ2n) is 38.1. The van der Waals surface area contributed by atoms with Crippen LogP contribution in [0.1, 0.15) is 199 Å². The van der Waals surface area contributed by atoms with Crippen LogP contribution in [0.2, 0.25) is 0 Å². The van der Waals surface area contributed by atoms with E-state index in [-0.39, 0.29) is 136 Å². The Labute approximate surface area is 885 Å². The van der Waals surface area contributed by atoms with Crippen molar-refractivity contribution in [3.63, 3.8) is 0 Å². The smallest absolute Gasteiger partial charge is 0.435 e. The Bertz CT molecular complexity index is 7000. The number of aryl methyl sites for hydroxylation is 2. The van der Waals surface area contributed by atoms with Gasteiger partial charge in [0.05, 0.1) is 46.5 Å². The van der Waals surface area contributed by atoms with Crippen molar-refractivity contribution in [2.45, 2.75) is 182 Å². The molecule has 18 aromatic rings. The average Bonchev–Trinajstić information content (AvgIpc) is 1.50. The fraction of sp³-hybridized carbons (Fsp3) is 0.250. The molecule has 2 aromatic carbocycles. The number of nitrogens with zero attached hydrogens (tertiary/aromatic N) is 16. The van der Waals surface area contributed by atoms with Crippen molar-refractivity contribution >= 4 is 0 Å². The fourth-order valence-electron chi connectivity index (χ4n) is 16.1. The summed E-state index contributed by atoms with van der Waals surface area (Å²) in [4.78, 5) is 38.2. The van der Waals surface area contributed by atoms with Gasteiger partial charge in [-0.2, -0.15) is 64.8 Å². The number of rotatable bonds is 18. The van der Waals surface area contributed by atoms with Gasteiger partial charge in [0, 0.05) is 78.6 Å². The van der Waals surface area contributed by atoms with E-state index in [0.717, 1.165) is 115 Å². The number of hydrogen-bond acceptors (Lipinski definition) is 8. The Morgan fingerprint density at radius 1 is 0.222 bits per heavy atom. The van der Waals surface area contributed by atoms with E-state index >= 15 is 0 Å². The second kappa shape index (κ2) is 43.9. The molecule has 0 N–H and O–H groups in total. The number of hydrogen-bond donors (Lipinski definition) is 0. The van der Waals surface area contributed by atoms with Crippen molar-refractivity contribution in [3.8, 4) is 68.8 Å². The molecule has 0 spiro atoms. The topological polar surface area (TPSA) is 143 Å². The molecule has 0 atom stereocenters. The minimum atomic E-state index is -5.45. The first kappa shape index (κ1) is 112. The number of alkyl halides is 12. The molecule has 32 heteroatoms. The number of pyridine rings is 8. The first-order chi connectivity index (χ1) is 65.9. The number of halogens is 12. The minimum Gasteiger partial charge on any atom is -0.435 e. The fourth-order valence-corrected chi connectivity index (χ4v) is 16.1. The Morgan fingerprint density at radius 3 is 0.694 bits per heavy atom. The van der Waals surface area contributed by atoms with Gasteiger partial charge in [0.25, 0.3) is 0 Å². The van der Waals surface area contributed by atoms with Crippen molar-refractivity contribution in [2.24, 2.45) is 0 Å². The summed E-state index contributed by atoms with van der Waals surface area (Å²) >= 11 is 0. The molecule has 0 saturated carbocycles. The zero-order valence-electron chi connectivity index (χ0n) is 81.5. The molecule has 0 aliphatic rings. The van der Waals surface area contributed by atoms with E-state index in [9.17, 15) is 52.7 Å². The molecule has 144 heavy (non-hydrogen) atoms. The summed E-state index contributed by atoms with van der Waals surface area (Å²) in [5.74, 6) is 3.95. The summed E-state index contributed by atoms with van der Waals surface area (Å²) in [5.41, 5.74) is 6.57. The third kappa shape index (κ3) is 24.2. The van der Waals surface area contributed by atoms with Crippen molar-refractivity contribution in [1.82, 2.24) is 76.4 Å². The van der Waals surface area contributed by atoms with Gasteiger partial charge in [-0.3, -0.25) is 39.9 Å². The first-order valence-electron chi connectivity index (χ1n) is 44.9. The van der Waals surface area contributed by atoms with Gasteiger partial charge in [-0.15, -0.1) is 83.2 Å². The summed E-state index contributed by atoms with van der Waals surface area (Å²) in [5, 5.41) is 0. The van der Waals surface area contributed by atoms with Crippen LogP contribution in [0.5, 0.6) is 0 Å². The van der Waals surface area contributed by atoms with Gasteiger partial charge in [-0.05, 0) is 126 Å². The van der Waals surface area contributed by atoms with Crippen LogP contribution in [-0.2, 0) is 139 Å². The predicted molar refractivity (Wildman–Crippen MR) is 515 cm³/mol. The van der Waals surface area contributed by atoms with Crippen LogP contribution in [0, 0.1) is 77.3 Å². The Balaban J connectivity index is 0.000000183. The molecule has 0 bridgehead atoms. The summed E-state index contributed by atoms with van der Waals surface area (Å²) in [6, 6.07) is 80.8. The normalized spacial score (nSPS) is 12.2. The molecule has 0 aliphatic carbocycles. The maximum absolute atomic E-state index is 13.6. The molecule has 16 aromatic heterocycles. The van der Waals surface area contributed by atoms with E-state index < -0.39 is 69.7 Å². The summed E-state index contributed by atoms with van der Waals surface area (Å²) in [6.07, 6.45) is 6.12. The molecule has 18 rings (SSSR count). The molecular weight excluding hydrogens is 2220 g/mol. The van der Waals surface area contributed by atoms with Gasteiger partial charge in [-0.1, -0.05) is 310 Å². The Hall–Kier alpha value is -12.3. The van der Waals surface area contributed by atoms with Gasteiger partial charge in [0.1, 0.15) is 0 Å². The Morgan fingerprint density at radius 2 is 0.458 bits per heavy atom. The van der Waals surface area contributed by atoms with Gasteiger partial charge in [0.2, 0.25) is 0 Å². The molecule has 0 unspecified atom stereocenters. The van der Waals surface area contributed by atoms with Gasteiger partial charge >= 0.3 is 106 Å². The first-order valence-corrected chi connectivity index (χ1v) is 44.9. The Kier molecular flexibility index (Phi) is 34.2. The largest absolute Gasteiger partial charge is 2.00 e. The number of benzene rings is 2. The SMILES string of the molecule is CC(C)(C)c1cc[c-]n1-c1cccc(C(C)(C)c2cccc(-n3[c-]ccc3C(C)(C)C)n2)n1.CC(C)(c1cccc(-n2[c-]cc(-c3ccccc3)c2)n1)c1cccc(-n2[c-]cc(-c3ccccc3)c2)n1.CC(C)(c1cccc(-n2[c-]cc(C(F)(F)F)c2C(F)(F)F)n1)c1cccc(-n2[c-]cc(C(F)(F)F)c2C(F)(F)F)n1.Cc1c[c-]n(-c2cccc(C(C)(C)c3cccc(-n4[c-]cc(C)c4C)n3)n2)c1C.[Pd+2].[Pd+2].[Pd+2].[Pd+2]. The molecule has 0 aliphatic heterocycles. The zero-order chi connectivity index (χ0) is 101. The van der Waals surface area contributed by atoms with Gasteiger partial charge < -0.3 is 36.5 Å². The van der Waals surface area contributed by atoms with Crippen LogP contribution in [-0.4, -0.2) is 76.4 Å². The van der Waals surface area contributed by atoms with E-state index in [0.29, 0.717) is 0 Å². The summed E-state index contributed by atoms with van der Waals surface area (Å²) in [6.45, 7) is 37.4. The molecule has 0 amide bonds. The maximum atomic E-state index is 13.6. The predicted octanol–water partition coefficient (Wildman–Crippen LogP) is 27.2. The third-order valence-electron chi connectivity index (χ3n) is 24.7. The van der Waals surface area contributed by atoms with Crippen molar-refractivity contribution < 1.29 is 134 Å². The van der Waals surface area contributed by atoms with Crippen LogP contribution in [0.25, 0.3) is 68.8 Å². The van der Waals surface area contributed by atoms with Crippen LogP contribution < -0.4 is 0 Å². The van der Waals surface area contributed by atoms with Gasteiger partial charge in [-0.25, -0.2) is 0 Å². The van der Waals surface area contributed by atoms with Crippen molar-refractivity contribution in [2.75, 3.05) is 0 Å². The van der Waals surface area contributed by atoms with E-state index in [1.807, 2.05) is 152 Å². The minimum absolute atomic E-state index is 0. The second-order valence-corrected chi connectivity index (χ2v) is 38.1. The van der Waals surface area contributed by atoms with E-state index in [4.69, 9.17) is 29.9 Å². The molecule has 752 valence electrons. The molecule has 0 fully saturated rings. The quantitative estimate of drug-likeness (QED) is 0.0469. The monoisotopic (exact) mass is 2320 g/mol. The molecule has 0 saturated heterocycles. The summed E-state index contributed by atoms with van der Waals surface area (Å²) in [7, 11) is 0. The van der Waals surface area contributed by atoms with Crippen LogP contribution in [0.4, 0.5) is 52.7 Å². The van der Waals surface area contributed by atoms with Gasteiger partial charge in [0.15, 0.2) is 0 Å². The standard InChI is InChI=1S/C33H26N4.C29H34N4.C25H14F12N4.C25H26N4.4Pd/c1-33(2,29-15-9-17-31(34-29)36-21-19-27(23-36)25-11-5-3-6-12-25)30-16-10-18-32(35-30)37-22-20-28(24-37)26-13-7-4-8-14-26;1-27(2,3)23-15-11-19-32(23)25-17-9-13-21(30-25)29(7,8)22-14-10-18-26(31-22)33-20-12-16-24(33)28(4,5)6;1-21(2,15-5-3-7-17(38-15)40-11-9-13(22(26,27)28)19(40)24(32,33)34)16-6-4-8-18(39-16)41-12-10-14(23(29,30)31)20(41)25(35,36)37;1-17-13-15-28(19(17)3)23-11-7-9-21(26-23)25(5,6)22-10-8-12-24(27-22)29-16-14-18(2)20(29)4;;;;/h3-20,23-24H,1-2H3;9-18H,1-8H3;3-10H,1-2H3;7-14H,1-6H3;;;;/q4*-2;4*+2. The summed E-state index contributed by atoms with van der Waals surface area (Å²) < 4.78 is 173. The van der Waals surface area contributed by atoms with Crippen molar-refractivity contribution in [3.05, 3.63) is 431 Å². The van der Waals surface area contributed by atoms with E-state index in [2.05, 4.69) is 277 Å². The molecule has 16 heterocycles. The molecule has 16 nitrogen and oxygen atoms in total. The zero-order valence-corrected chi connectivity index (χ0v) is 87.7. The average molecular weight is 2320 g/mol. The van der Waals surface area contributed by atoms with E-state index in [1.54, 1.807) is 0 Å². The van der Waals surface area contributed by atoms with E-state index in [1.165, 1.54) is 60.6 Å². The van der Waals surface area contributed by atoms with Crippen LogP contribution in [0.3, 0.4) is 0 Å². The molecule has 0 radical (unpaired) electrons.